The molecule has 0 saturated heterocycles. The van der Waals surface area contributed by atoms with Crippen LogP contribution in [0.15, 0.2) is 58.1 Å². The zero-order valence-corrected chi connectivity index (χ0v) is 16.0. The number of aromatic nitrogens is 2. The smallest absolute Gasteiger partial charge is 0.229 e. The number of nitrogens with zero attached hydrogens (tertiary/aromatic N) is 3. The van der Waals surface area contributed by atoms with Crippen LogP contribution in [0.3, 0.4) is 0 Å². The van der Waals surface area contributed by atoms with Crippen molar-refractivity contribution in [1.29, 1.82) is 0 Å². The van der Waals surface area contributed by atoms with Gasteiger partial charge in [0.15, 0.2) is 0 Å². The molecule has 0 aliphatic carbocycles. The van der Waals surface area contributed by atoms with Crippen molar-refractivity contribution in [3.05, 3.63) is 68.7 Å². The Kier molecular flexibility index (Phi) is 5.39. The van der Waals surface area contributed by atoms with Crippen LogP contribution in [-0.4, -0.2) is 15.8 Å². The average molecular weight is 423 g/mol. The molecule has 2 aromatic carbocycles. The largest absolute Gasteiger partial charge is 0.309 e. The summed E-state index contributed by atoms with van der Waals surface area (Å²) in [5.74, 6) is 0.617. The fourth-order valence-electron chi connectivity index (χ4n) is 2.39. The van der Waals surface area contributed by atoms with E-state index in [1.54, 1.807) is 24.4 Å². The molecular weight excluding hydrogens is 409 g/mol. The fraction of sp³-hybridized carbons (Fsp3) is 0.111. The molecular formula is C18H14BrCl2N3. The summed E-state index contributed by atoms with van der Waals surface area (Å²) in [5.41, 5.74) is 2.80. The van der Waals surface area contributed by atoms with Gasteiger partial charge in [-0.3, -0.25) is 0 Å². The number of imidazole rings is 1. The maximum Gasteiger partial charge on any atom is 0.229 e. The van der Waals surface area contributed by atoms with Crippen LogP contribution in [0.25, 0.3) is 11.3 Å². The molecule has 3 aromatic rings. The minimum absolute atomic E-state index is 0.564. The number of benzene rings is 2. The van der Waals surface area contributed by atoms with E-state index in [4.69, 9.17) is 23.2 Å². The van der Waals surface area contributed by atoms with E-state index in [2.05, 4.69) is 32.8 Å². The van der Waals surface area contributed by atoms with Crippen molar-refractivity contribution in [2.24, 2.45) is 4.99 Å². The van der Waals surface area contributed by atoms with E-state index in [1.807, 2.05) is 35.0 Å². The highest BCUT2D eigenvalue weighted by Gasteiger charge is 2.10. The molecule has 1 heterocycles. The Balaban J connectivity index is 1.98. The van der Waals surface area contributed by atoms with Gasteiger partial charge in [-0.25, -0.2) is 9.98 Å². The second-order valence-electron chi connectivity index (χ2n) is 5.09. The zero-order valence-electron chi connectivity index (χ0n) is 12.9. The lowest BCUT2D eigenvalue weighted by atomic mass is 10.2. The van der Waals surface area contributed by atoms with Crippen LogP contribution in [0, 0.1) is 0 Å². The highest BCUT2D eigenvalue weighted by atomic mass is 79.9. The summed E-state index contributed by atoms with van der Waals surface area (Å²) in [4.78, 5) is 8.91. The highest BCUT2D eigenvalue weighted by molar-refractivity contribution is 9.10. The normalized spacial score (nSPS) is 11.3. The third kappa shape index (κ3) is 3.56. The molecule has 122 valence electrons. The summed E-state index contributed by atoms with van der Waals surface area (Å²) in [5, 5.41) is 1.13. The number of hydrogen-bond donors (Lipinski definition) is 0. The third-order valence-electron chi connectivity index (χ3n) is 3.60. The van der Waals surface area contributed by atoms with Crippen molar-refractivity contribution in [2.75, 3.05) is 0 Å². The Bertz CT molecular complexity index is 866. The van der Waals surface area contributed by atoms with Gasteiger partial charge in [0.2, 0.25) is 5.95 Å². The first-order valence-corrected chi connectivity index (χ1v) is 8.94. The minimum Gasteiger partial charge on any atom is -0.309 e. The van der Waals surface area contributed by atoms with E-state index in [1.165, 1.54) is 0 Å². The molecule has 0 aliphatic rings. The van der Waals surface area contributed by atoms with Crippen molar-refractivity contribution in [1.82, 2.24) is 9.55 Å². The quantitative estimate of drug-likeness (QED) is 0.448. The molecule has 0 bridgehead atoms. The lowest BCUT2D eigenvalue weighted by Gasteiger charge is -2.07. The van der Waals surface area contributed by atoms with Gasteiger partial charge in [0, 0.05) is 22.8 Å². The van der Waals surface area contributed by atoms with Crippen molar-refractivity contribution >= 4 is 51.3 Å². The minimum atomic E-state index is 0.564. The Morgan fingerprint density at radius 1 is 1.12 bits per heavy atom. The third-order valence-corrected chi connectivity index (χ3v) is 4.79. The molecule has 3 rings (SSSR count). The average Bonchev–Trinajstić information content (AvgIpc) is 2.98. The SMILES string of the molecule is CCn1c(-c2ccc(Br)cc2)cnc1N=Cc1c(Cl)cccc1Cl. The van der Waals surface area contributed by atoms with E-state index >= 15 is 0 Å². The molecule has 0 amide bonds. The van der Waals surface area contributed by atoms with Gasteiger partial charge in [-0.1, -0.05) is 57.3 Å². The molecule has 24 heavy (non-hydrogen) atoms. The summed E-state index contributed by atoms with van der Waals surface area (Å²) < 4.78 is 3.09. The van der Waals surface area contributed by atoms with Gasteiger partial charge < -0.3 is 4.57 Å². The van der Waals surface area contributed by atoms with E-state index in [9.17, 15) is 0 Å². The number of rotatable bonds is 4. The van der Waals surface area contributed by atoms with Crippen LogP contribution in [0.2, 0.25) is 10.0 Å². The van der Waals surface area contributed by atoms with Gasteiger partial charge in [-0.05, 0) is 36.8 Å². The molecule has 0 fully saturated rings. The summed E-state index contributed by atoms with van der Waals surface area (Å²) >= 11 is 15.8. The van der Waals surface area contributed by atoms with Gasteiger partial charge >= 0.3 is 0 Å². The predicted molar refractivity (Wildman–Crippen MR) is 105 cm³/mol. The van der Waals surface area contributed by atoms with E-state index in [-0.39, 0.29) is 0 Å². The summed E-state index contributed by atoms with van der Waals surface area (Å²) in [6.07, 6.45) is 3.48. The second-order valence-corrected chi connectivity index (χ2v) is 6.82. The first-order valence-electron chi connectivity index (χ1n) is 7.39. The zero-order chi connectivity index (χ0) is 17.1. The van der Waals surface area contributed by atoms with Crippen molar-refractivity contribution in [2.45, 2.75) is 13.5 Å². The molecule has 6 heteroatoms. The fourth-order valence-corrected chi connectivity index (χ4v) is 3.15. The van der Waals surface area contributed by atoms with Crippen LogP contribution >= 0.6 is 39.1 Å². The molecule has 0 atom stereocenters. The predicted octanol–water partition coefficient (Wildman–Crippen LogP) is 6.39. The van der Waals surface area contributed by atoms with Gasteiger partial charge in [0.1, 0.15) is 0 Å². The van der Waals surface area contributed by atoms with Crippen LogP contribution in [0.1, 0.15) is 12.5 Å². The van der Waals surface area contributed by atoms with Crippen molar-refractivity contribution in [3.63, 3.8) is 0 Å². The van der Waals surface area contributed by atoms with Crippen LogP contribution in [0.5, 0.6) is 0 Å². The standard InChI is InChI=1S/C18H14BrCl2N3/c1-2-24-17(12-6-8-13(19)9-7-12)11-23-18(24)22-10-14-15(20)4-3-5-16(14)21/h3-11H,2H2,1H3. The molecule has 0 unspecified atom stereocenters. The van der Waals surface area contributed by atoms with Gasteiger partial charge in [0.05, 0.1) is 21.9 Å². The van der Waals surface area contributed by atoms with Crippen LogP contribution in [0.4, 0.5) is 5.95 Å². The molecule has 0 saturated carbocycles. The van der Waals surface area contributed by atoms with Gasteiger partial charge in [-0.15, -0.1) is 0 Å². The molecule has 0 spiro atoms. The maximum atomic E-state index is 6.18. The van der Waals surface area contributed by atoms with Crippen molar-refractivity contribution < 1.29 is 0 Å². The van der Waals surface area contributed by atoms with E-state index < -0.39 is 0 Å². The Morgan fingerprint density at radius 2 is 1.79 bits per heavy atom. The van der Waals surface area contributed by atoms with Gasteiger partial charge in [-0.2, -0.15) is 0 Å². The highest BCUT2D eigenvalue weighted by Crippen LogP contribution is 2.27. The first-order chi connectivity index (χ1) is 11.6. The van der Waals surface area contributed by atoms with Crippen LogP contribution in [-0.2, 0) is 6.54 Å². The number of aliphatic imine (C=N–C) groups is 1. The summed E-state index contributed by atoms with van der Waals surface area (Å²) in [6.45, 7) is 2.82. The second kappa shape index (κ2) is 7.51. The van der Waals surface area contributed by atoms with E-state index in [0.717, 1.165) is 22.3 Å². The summed E-state index contributed by atoms with van der Waals surface area (Å²) in [7, 11) is 0. The Morgan fingerprint density at radius 3 is 2.42 bits per heavy atom. The molecule has 0 aliphatic heterocycles. The maximum absolute atomic E-state index is 6.18. The molecule has 3 nitrogen and oxygen atoms in total. The molecule has 0 radical (unpaired) electrons. The Hall–Kier alpha value is -1.62. The summed E-state index contributed by atoms with van der Waals surface area (Å²) in [6, 6.07) is 13.5. The van der Waals surface area contributed by atoms with E-state index in [0.29, 0.717) is 21.6 Å². The lowest BCUT2D eigenvalue weighted by molar-refractivity contribution is 0.772. The van der Waals surface area contributed by atoms with Gasteiger partial charge in [0.25, 0.3) is 0 Å². The number of hydrogen-bond acceptors (Lipinski definition) is 2. The molecule has 0 N–H and O–H groups in total. The monoisotopic (exact) mass is 421 g/mol. The Labute approximate surface area is 159 Å². The first kappa shape index (κ1) is 17.2. The molecule has 1 aromatic heterocycles. The topological polar surface area (TPSA) is 30.2 Å². The lowest BCUT2D eigenvalue weighted by Crippen LogP contribution is -1.97. The van der Waals surface area contributed by atoms with Crippen LogP contribution < -0.4 is 0 Å². The number of halogens is 3. The van der Waals surface area contributed by atoms with Crippen molar-refractivity contribution in [3.8, 4) is 11.3 Å².